The zero-order valence-corrected chi connectivity index (χ0v) is 23.6. The molecule has 1 aliphatic heterocycles. The highest BCUT2D eigenvalue weighted by molar-refractivity contribution is 9.10. The number of piperidine rings is 1. The van der Waals surface area contributed by atoms with Crippen molar-refractivity contribution in [3.8, 4) is 0 Å². The molecule has 4 heteroatoms. The van der Waals surface area contributed by atoms with E-state index >= 15 is 0 Å². The molecule has 1 saturated carbocycles. The van der Waals surface area contributed by atoms with E-state index in [9.17, 15) is 4.79 Å². The van der Waals surface area contributed by atoms with Crippen LogP contribution in [0.2, 0.25) is 0 Å². The van der Waals surface area contributed by atoms with Crippen molar-refractivity contribution in [3.05, 3.63) is 128 Å². The molecule has 2 nitrogen and oxygen atoms in total. The second-order valence-electron chi connectivity index (χ2n) is 10.0. The van der Waals surface area contributed by atoms with E-state index in [1.807, 2.05) is 24.3 Å². The summed E-state index contributed by atoms with van der Waals surface area (Å²) in [6.45, 7) is 2.86. The first-order chi connectivity index (χ1) is 18.0. The molecule has 4 aromatic carbocycles. The maximum absolute atomic E-state index is 13.5. The van der Waals surface area contributed by atoms with Crippen molar-refractivity contribution in [2.24, 2.45) is 5.41 Å². The number of rotatable bonds is 4. The van der Waals surface area contributed by atoms with Crippen molar-refractivity contribution < 1.29 is 4.79 Å². The lowest BCUT2D eigenvalue weighted by Gasteiger charge is -2.51. The van der Waals surface area contributed by atoms with Crippen LogP contribution in [0.1, 0.15) is 29.5 Å². The number of allylic oxidation sites excluding steroid dienone is 2. The van der Waals surface area contributed by atoms with Gasteiger partial charge in [0.2, 0.25) is 0 Å². The van der Waals surface area contributed by atoms with Gasteiger partial charge in [-0.1, -0.05) is 98.6 Å². The summed E-state index contributed by atoms with van der Waals surface area (Å²) in [5.41, 5.74) is 5.26. The number of halogens is 2. The smallest absolute Gasteiger partial charge is 0.186 e. The number of hydrogen-bond acceptors (Lipinski definition) is 2. The fraction of sp³-hybridized carbons (Fsp3) is 0.182. The van der Waals surface area contributed by atoms with Crippen LogP contribution in [-0.2, 0) is 11.3 Å². The number of carbonyl (C=O) groups is 1. The highest BCUT2D eigenvalue weighted by Crippen LogP contribution is 2.56. The van der Waals surface area contributed by atoms with Gasteiger partial charge in [-0.25, -0.2) is 0 Å². The third-order valence-corrected chi connectivity index (χ3v) is 8.92. The Labute approximate surface area is 235 Å². The lowest BCUT2D eigenvalue weighted by molar-refractivity contribution is -0.118. The SMILES string of the molecule is O=C1/C(=C/c2ccc(Br)cc2)C2(CCN(Cc3cccc4ccccc34)CC2)/C1=C\c1ccc(Br)cc1. The van der Waals surface area contributed by atoms with E-state index in [2.05, 4.69) is 116 Å². The van der Waals surface area contributed by atoms with E-state index in [0.29, 0.717) is 0 Å². The molecule has 0 bridgehead atoms. The molecule has 2 fully saturated rings. The van der Waals surface area contributed by atoms with Crippen LogP contribution >= 0.6 is 31.9 Å². The monoisotopic (exact) mass is 611 g/mol. The summed E-state index contributed by atoms with van der Waals surface area (Å²) < 4.78 is 2.09. The second-order valence-corrected chi connectivity index (χ2v) is 11.9. The molecule has 0 atom stereocenters. The van der Waals surface area contributed by atoms with Crippen molar-refractivity contribution in [3.63, 3.8) is 0 Å². The minimum Gasteiger partial charge on any atom is -0.299 e. The minimum absolute atomic E-state index is 0.188. The van der Waals surface area contributed by atoms with E-state index in [1.165, 1.54) is 16.3 Å². The average molecular weight is 613 g/mol. The zero-order valence-electron chi connectivity index (χ0n) is 20.5. The molecule has 2 aliphatic rings. The predicted octanol–water partition coefficient (Wildman–Crippen LogP) is 8.70. The van der Waals surface area contributed by atoms with Gasteiger partial charge in [-0.05, 0) is 89.8 Å². The fourth-order valence-electron chi connectivity index (χ4n) is 5.82. The van der Waals surface area contributed by atoms with Gasteiger partial charge in [0, 0.05) is 32.1 Å². The topological polar surface area (TPSA) is 20.3 Å². The fourth-order valence-corrected chi connectivity index (χ4v) is 6.35. The Hall–Kier alpha value is -2.79. The van der Waals surface area contributed by atoms with E-state index in [1.54, 1.807) is 0 Å². The average Bonchev–Trinajstić information content (AvgIpc) is 2.93. The summed E-state index contributed by atoms with van der Waals surface area (Å²) in [5, 5.41) is 2.62. The van der Waals surface area contributed by atoms with Gasteiger partial charge in [-0.3, -0.25) is 9.69 Å². The van der Waals surface area contributed by atoms with E-state index < -0.39 is 0 Å². The summed E-state index contributed by atoms with van der Waals surface area (Å²) in [7, 11) is 0. The molecule has 0 N–H and O–H groups in total. The molecular weight excluding hydrogens is 586 g/mol. The van der Waals surface area contributed by atoms with Gasteiger partial charge in [-0.15, -0.1) is 0 Å². The van der Waals surface area contributed by atoms with Crippen molar-refractivity contribution in [2.75, 3.05) is 13.1 Å². The van der Waals surface area contributed by atoms with E-state index in [0.717, 1.165) is 63.7 Å². The summed E-state index contributed by atoms with van der Waals surface area (Å²) >= 11 is 7.04. The molecule has 1 heterocycles. The van der Waals surface area contributed by atoms with E-state index in [4.69, 9.17) is 0 Å². The summed E-state index contributed by atoms with van der Waals surface area (Å²) in [6, 6.07) is 31.6. The molecule has 0 radical (unpaired) electrons. The van der Waals surface area contributed by atoms with Crippen molar-refractivity contribution in [2.45, 2.75) is 19.4 Å². The molecule has 0 amide bonds. The van der Waals surface area contributed by atoms with Crippen molar-refractivity contribution in [1.29, 1.82) is 0 Å². The number of hydrogen-bond donors (Lipinski definition) is 0. The van der Waals surface area contributed by atoms with Gasteiger partial charge in [0.1, 0.15) is 0 Å². The molecule has 4 aromatic rings. The Kier molecular flexibility index (Phi) is 6.74. The number of carbonyl (C=O) groups excluding carboxylic acids is 1. The van der Waals surface area contributed by atoms with E-state index in [-0.39, 0.29) is 11.2 Å². The van der Waals surface area contributed by atoms with Crippen LogP contribution in [0, 0.1) is 5.41 Å². The Morgan fingerprint density at radius 1 is 0.703 bits per heavy atom. The van der Waals surface area contributed by atoms with Crippen LogP contribution in [0.4, 0.5) is 0 Å². The van der Waals surface area contributed by atoms with Gasteiger partial charge in [0.25, 0.3) is 0 Å². The lowest BCUT2D eigenvalue weighted by atomic mass is 9.54. The number of likely N-dealkylation sites (tertiary alicyclic amines) is 1. The maximum Gasteiger partial charge on any atom is 0.186 e. The molecule has 1 aliphatic carbocycles. The minimum atomic E-state index is -0.188. The predicted molar refractivity (Wildman–Crippen MR) is 160 cm³/mol. The molecular formula is C33H27Br2NO. The van der Waals surface area contributed by atoms with Gasteiger partial charge < -0.3 is 0 Å². The first kappa shape index (κ1) is 24.5. The van der Waals surface area contributed by atoms with Gasteiger partial charge in [0.15, 0.2) is 5.78 Å². The highest BCUT2D eigenvalue weighted by atomic mass is 79.9. The van der Waals surface area contributed by atoms with Crippen molar-refractivity contribution in [1.82, 2.24) is 4.90 Å². The number of nitrogens with zero attached hydrogens (tertiary/aromatic N) is 1. The molecule has 184 valence electrons. The van der Waals surface area contributed by atoms with Crippen LogP contribution in [0.25, 0.3) is 22.9 Å². The third kappa shape index (κ3) is 4.79. The van der Waals surface area contributed by atoms with Gasteiger partial charge in [-0.2, -0.15) is 0 Å². The van der Waals surface area contributed by atoms with Crippen LogP contribution in [0.3, 0.4) is 0 Å². The van der Waals surface area contributed by atoms with Gasteiger partial charge >= 0.3 is 0 Å². The Bertz CT molecular complexity index is 1450. The highest BCUT2D eigenvalue weighted by Gasteiger charge is 2.54. The first-order valence-electron chi connectivity index (χ1n) is 12.7. The molecule has 1 saturated heterocycles. The summed E-state index contributed by atoms with van der Waals surface area (Å²) in [6.07, 6.45) is 6.14. The number of Topliss-reactive ketones (excluding diaryl/α,β-unsaturated/α-hetero) is 1. The maximum atomic E-state index is 13.5. The van der Waals surface area contributed by atoms with Gasteiger partial charge in [0.05, 0.1) is 0 Å². The molecule has 37 heavy (non-hydrogen) atoms. The second kappa shape index (κ2) is 10.2. The normalized spacial score (nSPS) is 19.6. The zero-order chi connectivity index (χ0) is 25.4. The summed E-state index contributed by atoms with van der Waals surface area (Å²) in [5.74, 6) is 0.188. The quantitative estimate of drug-likeness (QED) is 0.215. The summed E-state index contributed by atoms with van der Waals surface area (Å²) in [4.78, 5) is 16.1. The standard InChI is InChI=1S/C33H27Br2NO/c34-27-12-8-23(9-13-27)20-30-32(37)31(21-24-10-14-28(35)15-11-24)33(30)16-18-36(19-17-33)22-26-6-3-5-25-4-1-2-7-29(25)26/h1-15,20-21H,16-19,22H2/b30-20-,31-21-. The number of fused-ring (bicyclic) bond motifs is 1. The Morgan fingerprint density at radius 3 is 1.84 bits per heavy atom. The first-order valence-corrected chi connectivity index (χ1v) is 14.3. The number of ketones is 1. The van der Waals surface area contributed by atoms with Crippen LogP contribution < -0.4 is 0 Å². The molecule has 0 aromatic heterocycles. The molecule has 1 spiro atoms. The third-order valence-electron chi connectivity index (χ3n) is 7.87. The largest absolute Gasteiger partial charge is 0.299 e. The Morgan fingerprint density at radius 2 is 1.24 bits per heavy atom. The Balaban J connectivity index is 1.30. The van der Waals surface area contributed by atoms with Crippen LogP contribution in [0.15, 0.2) is 111 Å². The lowest BCUT2D eigenvalue weighted by Crippen LogP contribution is -2.51. The molecule has 6 rings (SSSR count). The van der Waals surface area contributed by atoms with Crippen molar-refractivity contribution >= 4 is 60.6 Å². The molecule has 0 unspecified atom stereocenters. The van der Waals surface area contributed by atoms with Crippen LogP contribution in [0.5, 0.6) is 0 Å². The van der Waals surface area contributed by atoms with Crippen LogP contribution in [-0.4, -0.2) is 23.8 Å². The number of benzene rings is 4.